The topological polar surface area (TPSA) is 97.9 Å². The van der Waals surface area contributed by atoms with E-state index in [1.54, 1.807) is 29.4 Å². The number of aromatic nitrogens is 5. The molecule has 1 amide bonds. The largest absolute Gasteiger partial charge is 0.395 e. The van der Waals surface area contributed by atoms with Crippen molar-refractivity contribution in [3.05, 3.63) is 42.2 Å². The number of carbonyl (C=O) groups is 1. The summed E-state index contributed by atoms with van der Waals surface area (Å²) in [5.74, 6) is 0.491. The highest BCUT2D eigenvalue weighted by Crippen LogP contribution is 2.16. The van der Waals surface area contributed by atoms with Crippen molar-refractivity contribution in [2.24, 2.45) is 7.05 Å². The first-order chi connectivity index (χ1) is 11.1. The van der Waals surface area contributed by atoms with Gasteiger partial charge < -0.3 is 19.6 Å². The highest BCUT2D eigenvalue weighted by Gasteiger charge is 2.16. The summed E-state index contributed by atoms with van der Waals surface area (Å²) in [6.07, 6.45) is 3.25. The summed E-state index contributed by atoms with van der Waals surface area (Å²) in [6.45, 7) is 2.38. The molecule has 1 aromatic carbocycles. The van der Waals surface area contributed by atoms with E-state index in [0.29, 0.717) is 17.9 Å². The molecule has 0 fully saturated rings. The molecule has 1 unspecified atom stereocenters. The Morgan fingerprint density at radius 3 is 2.91 bits per heavy atom. The minimum Gasteiger partial charge on any atom is -0.395 e. The van der Waals surface area contributed by atoms with Gasteiger partial charge in [-0.25, -0.2) is 4.98 Å². The molecular weight excluding hydrogens is 296 g/mol. The number of aliphatic hydroxyl groups excluding tert-OH is 1. The lowest BCUT2D eigenvalue weighted by molar-refractivity contribution is 0.0938. The zero-order chi connectivity index (χ0) is 16.4. The first kappa shape index (κ1) is 15.2. The first-order valence-corrected chi connectivity index (χ1v) is 7.30. The van der Waals surface area contributed by atoms with Crippen molar-refractivity contribution < 1.29 is 9.90 Å². The van der Waals surface area contributed by atoms with Gasteiger partial charge in [-0.05, 0) is 25.1 Å². The Bertz CT molecular complexity index is 837. The molecule has 120 valence electrons. The van der Waals surface area contributed by atoms with Gasteiger partial charge in [0.15, 0.2) is 5.82 Å². The Kier molecular flexibility index (Phi) is 4.07. The molecule has 3 aromatic rings. The van der Waals surface area contributed by atoms with Crippen LogP contribution in [0.4, 0.5) is 0 Å². The lowest BCUT2D eigenvalue weighted by Crippen LogP contribution is -2.28. The van der Waals surface area contributed by atoms with Crippen molar-refractivity contribution in [2.45, 2.75) is 19.5 Å². The molecule has 8 nitrogen and oxygen atoms in total. The molecule has 1 atom stereocenters. The maximum atomic E-state index is 12.4. The summed E-state index contributed by atoms with van der Waals surface area (Å²) >= 11 is 0. The number of nitrogens with zero attached hydrogens (tertiary/aromatic N) is 5. The van der Waals surface area contributed by atoms with Gasteiger partial charge in [0.1, 0.15) is 6.33 Å². The number of imidazole rings is 1. The number of benzene rings is 1. The van der Waals surface area contributed by atoms with Crippen LogP contribution in [-0.2, 0) is 13.6 Å². The number of hydrogen-bond donors (Lipinski definition) is 2. The standard InChI is InChI=1S/C15H18N6O2/c1-10(14-19-17-9-20(14)2)18-15(23)11-3-4-13-12(7-11)16-8-21(13)5-6-22/h3-4,7-10,22H,5-6H2,1-2H3,(H,18,23). The van der Waals surface area contributed by atoms with Gasteiger partial charge >= 0.3 is 0 Å². The zero-order valence-electron chi connectivity index (χ0n) is 13.0. The Morgan fingerprint density at radius 2 is 2.22 bits per heavy atom. The first-order valence-electron chi connectivity index (χ1n) is 7.30. The molecule has 8 heteroatoms. The van der Waals surface area contributed by atoms with Crippen LogP contribution in [0.2, 0.25) is 0 Å². The van der Waals surface area contributed by atoms with Crippen LogP contribution in [0.1, 0.15) is 29.1 Å². The van der Waals surface area contributed by atoms with Crippen LogP contribution in [0, 0.1) is 0 Å². The third-order valence-corrected chi connectivity index (χ3v) is 3.71. The van der Waals surface area contributed by atoms with E-state index in [9.17, 15) is 4.79 Å². The van der Waals surface area contributed by atoms with E-state index in [1.807, 2.05) is 24.6 Å². The van der Waals surface area contributed by atoms with E-state index in [4.69, 9.17) is 5.11 Å². The van der Waals surface area contributed by atoms with Crippen molar-refractivity contribution in [3.8, 4) is 0 Å². The number of aryl methyl sites for hydroxylation is 1. The molecule has 0 aliphatic rings. The van der Waals surface area contributed by atoms with E-state index < -0.39 is 0 Å². The van der Waals surface area contributed by atoms with Crippen LogP contribution in [-0.4, -0.2) is 41.9 Å². The fourth-order valence-corrected chi connectivity index (χ4v) is 2.52. The van der Waals surface area contributed by atoms with Crippen LogP contribution < -0.4 is 5.32 Å². The second-order valence-corrected chi connectivity index (χ2v) is 5.36. The summed E-state index contributed by atoms with van der Waals surface area (Å²) in [5.41, 5.74) is 2.13. The second kappa shape index (κ2) is 6.17. The van der Waals surface area contributed by atoms with E-state index >= 15 is 0 Å². The maximum absolute atomic E-state index is 12.4. The number of hydrogen-bond acceptors (Lipinski definition) is 5. The molecule has 0 spiro atoms. The van der Waals surface area contributed by atoms with Crippen molar-refractivity contribution >= 4 is 16.9 Å². The molecule has 0 saturated heterocycles. The minimum absolute atomic E-state index is 0.0446. The van der Waals surface area contributed by atoms with Crippen LogP contribution in [0.25, 0.3) is 11.0 Å². The third-order valence-electron chi connectivity index (χ3n) is 3.71. The van der Waals surface area contributed by atoms with Gasteiger partial charge in [0.25, 0.3) is 5.91 Å². The highest BCUT2D eigenvalue weighted by molar-refractivity contribution is 5.97. The SMILES string of the molecule is CC(NC(=O)c1ccc2c(c1)ncn2CCO)c1nncn1C. The molecule has 0 saturated carbocycles. The van der Waals surface area contributed by atoms with Crippen molar-refractivity contribution in [1.29, 1.82) is 0 Å². The summed E-state index contributed by atoms with van der Waals surface area (Å²) < 4.78 is 3.61. The lowest BCUT2D eigenvalue weighted by Gasteiger charge is -2.13. The van der Waals surface area contributed by atoms with Crippen molar-refractivity contribution in [3.63, 3.8) is 0 Å². The van der Waals surface area contributed by atoms with E-state index in [2.05, 4.69) is 20.5 Å². The normalized spacial score (nSPS) is 12.5. The quantitative estimate of drug-likeness (QED) is 0.720. The predicted molar refractivity (Wildman–Crippen MR) is 83.7 cm³/mol. The number of aliphatic hydroxyl groups is 1. The predicted octanol–water partition coefficient (Wildman–Crippen LogP) is 0.648. The fraction of sp³-hybridized carbons (Fsp3) is 0.333. The molecule has 3 rings (SSSR count). The molecule has 0 bridgehead atoms. The number of fused-ring (bicyclic) bond motifs is 1. The summed E-state index contributed by atoms with van der Waals surface area (Å²) in [6, 6.07) is 5.07. The van der Waals surface area contributed by atoms with Crippen molar-refractivity contribution in [2.75, 3.05) is 6.61 Å². The van der Waals surface area contributed by atoms with E-state index in [0.717, 1.165) is 11.0 Å². The van der Waals surface area contributed by atoms with Crippen molar-refractivity contribution in [1.82, 2.24) is 29.6 Å². The summed E-state index contributed by atoms with van der Waals surface area (Å²) in [7, 11) is 1.83. The molecule has 2 N–H and O–H groups in total. The Morgan fingerprint density at radius 1 is 1.39 bits per heavy atom. The average Bonchev–Trinajstić information content (AvgIpc) is 3.13. The highest BCUT2D eigenvalue weighted by atomic mass is 16.3. The average molecular weight is 314 g/mol. The van der Waals surface area contributed by atoms with Crippen LogP contribution >= 0.6 is 0 Å². The molecule has 0 aliphatic carbocycles. The smallest absolute Gasteiger partial charge is 0.251 e. The lowest BCUT2D eigenvalue weighted by atomic mass is 10.1. The molecule has 23 heavy (non-hydrogen) atoms. The third kappa shape index (κ3) is 2.93. The molecule has 0 aliphatic heterocycles. The Hall–Kier alpha value is -2.74. The number of carbonyl (C=O) groups excluding carboxylic acids is 1. The molecule has 2 heterocycles. The number of nitrogens with one attached hydrogen (secondary N) is 1. The van der Waals surface area contributed by atoms with Crippen LogP contribution in [0.3, 0.4) is 0 Å². The maximum Gasteiger partial charge on any atom is 0.251 e. The summed E-state index contributed by atoms with van der Waals surface area (Å²) in [5, 5.41) is 19.7. The number of amides is 1. The van der Waals surface area contributed by atoms with Gasteiger partial charge in [0, 0.05) is 19.2 Å². The Labute approximate surface area is 132 Å². The van der Waals surface area contributed by atoms with Gasteiger partial charge in [-0.15, -0.1) is 10.2 Å². The molecular formula is C15H18N6O2. The molecule has 0 radical (unpaired) electrons. The van der Waals surface area contributed by atoms with Gasteiger partial charge in [-0.2, -0.15) is 0 Å². The second-order valence-electron chi connectivity index (χ2n) is 5.36. The summed E-state index contributed by atoms with van der Waals surface area (Å²) in [4.78, 5) is 16.7. The minimum atomic E-state index is -0.252. The van der Waals surface area contributed by atoms with E-state index in [1.165, 1.54) is 0 Å². The van der Waals surface area contributed by atoms with E-state index in [-0.39, 0.29) is 18.6 Å². The Balaban J connectivity index is 1.80. The van der Waals surface area contributed by atoms with Gasteiger partial charge in [-0.3, -0.25) is 4.79 Å². The number of rotatable bonds is 5. The van der Waals surface area contributed by atoms with Gasteiger partial charge in [0.2, 0.25) is 0 Å². The monoisotopic (exact) mass is 314 g/mol. The van der Waals surface area contributed by atoms with Gasteiger partial charge in [0.05, 0.1) is 30.0 Å². The van der Waals surface area contributed by atoms with Gasteiger partial charge in [-0.1, -0.05) is 0 Å². The van der Waals surface area contributed by atoms with Crippen LogP contribution in [0.15, 0.2) is 30.9 Å². The zero-order valence-corrected chi connectivity index (χ0v) is 13.0. The fourth-order valence-electron chi connectivity index (χ4n) is 2.52. The molecule has 2 aromatic heterocycles. The van der Waals surface area contributed by atoms with Crippen LogP contribution in [0.5, 0.6) is 0 Å².